The molecule has 0 unspecified atom stereocenters. The Bertz CT molecular complexity index is 568. The molecule has 0 saturated heterocycles. The summed E-state index contributed by atoms with van der Waals surface area (Å²) < 4.78 is 5.43. The largest absolute Gasteiger partial charge is 0.423 e. The van der Waals surface area contributed by atoms with E-state index in [4.69, 9.17) is 4.74 Å². The van der Waals surface area contributed by atoms with Crippen LogP contribution >= 0.6 is 0 Å². The molecule has 144 valence electrons. The lowest BCUT2D eigenvalue weighted by Gasteiger charge is -2.29. The van der Waals surface area contributed by atoms with Crippen LogP contribution in [0.1, 0.15) is 69.8 Å². The Hall–Kier alpha value is -1.61. The van der Waals surface area contributed by atoms with E-state index in [9.17, 15) is 4.79 Å². The molecule has 0 bridgehead atoms. The number of carbonyl (C=O) groups is 1. The Kier molecular flexibility index (Phi) is 8.37. The topological polar surface area (TPSA) is 29.5 Å². The molecule has 3 heteroatoms. The highest BCUT2D eigenvalue weighted by molar-refractivity contribution is 5.89. The second-order valence-corrected chi connectivity index (χ2v) is 8.01. The van der Waals surface area contributed by atoms with E-state index < -0.39 is 0 Å². The smallest absolute Gasteiger partial charge is 0.340 e. The summed E-state index contributed by atoms with van der Waals surface area (Å²) in [5, 5.41) is 0. The summed E-state index contributed by atoms with van der Waals surface area (Å²) in [5.74, 6) is 1.84. The maximum absolute atomic E-state index is 12.0. The molecule has 0 spiro atoms. The van der Waals surface area contributed by atoms with Crippen molar-refractivity contribution in [1.29, 1.82) is 0 Å². The van der Waals surface area contributed by atoms with Gasteiger partial charge in [0.15, 0.2) is 0 Å². The fourth-order valence-electron chi connectivity index (χ4n) is 3.90. The van der Waals surface area contributed by atoms with Crippen LogP contribution in [0.25, 0.3) is 0 Å². The van der Waals surface area contributed by atoms with Crippen LogP contribution in [0.3, 0.4) is 0 Å². The van der Waals surface area contributed by atoms with E-state index in [1.807, 2.05) is 31.1 Å². The Morgan fingerprint density at radius 1 is 1.12 bits per heavy atom. The van der Waals surface area contributed by atoms with Crippen molar-refractivity contribution in [3.8, 4) is 5.75 Å². The van der Waals surface area contributed by atoms with Gasteiger partial charge in [0, 0.05) is 12.1 Å². The van der Waals surface area contributed by atoms with Crippen LogP contribution in [-0.2, 0) is 4.79 Å². The molecule has 1 aromatic rings. The highest BCUT2D eigenvalue weighted by Gasteiger charge is 2.22. The van der Waals surface area contributed by atoms with Crippen LogP contribution in [0.15, 0.2) is 36.4 Å². The number of likely N-dealkylation sites (N-methyl/N-ethyl adjacent to an activating group) is 1. The third kappa shape index (κ3) is 6.60. The predicted molar refractivity (Wildman–Crippen MR) is 109 cm³/mol. The zero-order chi connectivity index (χ0) is 18.9. The highest BCUT2D eigenvalue weighted by Crippen LogP contribution is 2.38. The van der Waals surface area contributed by atoms with Crippen molar-refractivity contribution in [3.63, 3.8) is 0 Å². The normalized spacial score (nSPS) is 20.2. The number of benzene rings is 1. The number of carbonyl (C=O) groups excluding carboxylic acids is 1. The lowest BCUT2D eigenvalue weighted by Crippen LogP contribution is -2.22. The fraction of sp³-hybridized carbons (Fsp3) is 0.609. The maximum Gasteiger partial charge on any atom is 0.340 e. The van der Waals surface area contributed by atoms with Gasteiger partial charge in [-0.05, 0) is 69.3 Å². The van der Waals surface area contributed by atoms with Gasteiger partial charge in [-0.2, -0.15) is 0 Å². The van der Waals surface area contributed by atoms with Crippen molar-refractivity contribution in [3.05, 3.63) is 42.0 Å². The summed E-state index contributed by atoms with van der Waals surface area (Å²) in [5.41, 5.74) is 1.85. The molecule has 0 aromatic heterocycles. The van der Waals surface area contributed by atoms with E-state index in [-0.39, 0.29) is 5.97 Å². The minimum atomic E-state index is -0.348. The molecule has 1 saturated carbocycles. The molecule has 0 aliphatic heterocycles. The molecule has 0 amide bonds. The SMILES string of the molecule is C=C(CN(C)C)C(=O)Oc1ccc(C2CCC(CCCCC)CC2)cc1. The van der Waals surface area contributed by atoms with Crippen molar-refractivity contribution < 1.29 is 9.53 Å². The minimum Gasteiger partial charge on any atom is -0.423 e. The van der Waals surface area contributed by atoms with E-state index in [0.717, 1.165) is 5.92 Å². The lowest BCUT2D eigenvalue weighted by atomic mass is 9.77. The molecule has 1 aliphatic carbocycles. The second kappa shape index (κ2) is 10.5. The van der Waals surface area contributed by atoms with Gasteiger partial charge in [-0.1, -0.05) is 51.3 Å². The van der Waals surface area contributed by atoms with E-state index in [1.54, 1.807) is 0 Å². The molecule has 26 heavy (non-hydrogen) atoms. The molecule has 1 aliphatic rings. The lowest BCUT2D eigenvalue weighted by molar-refractivity contribution is -0.130. The van der Waals surface area contributed by atoms with Crippen molar-refractivity contribution in [2.24, 2.45) is 5.92 Å². The average molecular weight is 358 g/mol. The molecule has 2 rings (SSSR count). The predicted octanol–water partition coefficient (Wildman–Crippen LogP) is 5.56. The number of nitrogens with zero attached hydrogens (tertiary/aromatic N) is 1. The van der Waals surface area contributed by atoms with Gasteiger partial charge >= 0.3 is 5.97 Å². The summed E-state index contributed by atoms with van der Waals surface area (Å²) in [6, 6.07) is 8.09. The molecular formula is C23H35NO2. The third-order valence-corrected chi connectivity index (χ3v) is 5.42. The molecule has 0 heterocycles. The van der Waals surface area contributed by atoms with Crippen molar-refractivity contribution in [2.45, 2.75) is 64.2 Å². The van der Waals surface area contributed by atoms with Gasteiger partial charge < -0.3 is 9.64 Å². The summed E-state index contributed by atoms with van der Waals surface area (Å²) in [6.07, 6.45) is 10.8. The first-order chi connectivity index (χ1) is 12.5. The van der Waals surface area contributed by atoms with Crippen LogP contribution in [0.5, 0.6) is 5.75 Å². The van der Waals surface area contributed by atoms with Crippen LogP contribution in [0.4, 0.5) is 0 Å². The first kappa shape index (κ1) is 20.7. The van der Waals surface area contributed by atoms with Gasteiger partial charge in [0.2, 0.25) is 0 Å². The number of ether oxygens (including phenoxy) is 1. The molecule has 0 radical (unpaired) electrons. The molecular weight excluding hydrogens is 322 g/mol. The molecule has 0 atom stereocenters. The van der Waals surface area contributed by atoms with Crippen LogP contribution in [0, 0.1) is 5.92 Å². The van der Waals surface area contributed by atoms with Crippen molar-refractivity contribution in [1.82, 2.24) is 4.90 Å². The average Bonchev–Trinajstić information content (AvgIpc) is 2.62. The van der Waals surface area contributed by atoms with Crippen LogP contribution < -0.4 is 4.74 Å². The zero-order valence-corrected chi connectivity index (χ0v) is 16.8. The van der Waals surface area contributed by atoms with Gasteiger partial charge in [0.05, 0.1) is 0 Å². The standard InChI is InChI=1S/C23H35NO2/c1-5-6-7-8-19-9-11-20(12-10-19)21-13-15-22(16-14-21)26-23(25)18(2)17-24(3)4/h13-16,19-20H,2,5-12,17H2,1,3-4H3. The Labute approximate surface area is 159 Å². The van der Waals surface area contributed by atoms with E-state index >= 15 is 0 Å². The quantitative estimate of drug-likeness (QED) is 0.251. The van der Waals surface area contributed by atoms with Crippen LogP contribution in [0.2, 0.25) is 0 Å². The van der Waals surface area contributed by atoms with Crippen molar-refractivity contribution in [2.75, 3.05) is 20.6 Å². The molecule has 1 aromatic carbocycles. The van der Waals surface area contributed by atoms with E-state index in [2.05, 4.69) is 25.6 Å². The van der Waals surface area contributed by atoms with E-state index in [0.29, 0.717) is 23.8 Å². The molecule has 1 fully saturated rings. The summed E-state index contributed by atoms with van der Waals surface area (Å²) >= 11 is 0. The first-order valence-corrected chi connectivity index (χ1v) is 10.1. The fourth-order valence-corrected chi connectivity index (χ4v) is 3.90. The Morgan fingerprint density at radius 3 is 2.35 bits per heavy atom. The monoisotopic (exact) mass is 357 g/mol. The van der Waals surface area contributed by atoms with Gasteiger partial charge in [-0.3, -0.25) is 0 Å². The molecule has 0 N–H and O–H groups in total. The third-order valence-electron chi connectivity index (χ3n) is 5.42. The first-order valence-electron chi connectivity index (χ1n) is 10.1. The zero-order valence-electron chi connectivity index (χ0n) is 16.8. The number of esters is 1. The number of unbranched alkanes of at least 4 members (excludes halogenated alkanes) is 2. The van der Waals surface area contributed by atoms with Gasteiger partial charge in [0.1, 0.15) is 5.75 Å². The minimum absolute atomic E-state index is 0.348. The maximum atomic E-state index is 12.0. The second-order valence-electron chi connectivity index (χ2n) is 8.01. The van der Waals surface area contributed by atoms with Gasteiger partial charge in [0.25, 0.3) is 0 Å². The summed E-state index contributed by atoms with van der Waals surface area (Å²) in [6.45, 7) is 6.59. The number of hydrogen-bond donors (Lipinski definition) is 0. The highest BCUT2D eigenvalue weighted by atomic mass is 16.5. The Balaban J connectivity index is 1.81. The van der Waals surface area contributed by atoms with Crippen LogP contribution in [-0.4, -0.2) is 31.5 Å². The van der Waals surface area contributed by atoms with Gasteiger partial charge in [-0.25, -0.2) is 4.79 Å². The summed E-state index contributed by atoms with van der Waals surface area (Å²) in [7, 11) is 3.82. The van der Waals surface area contributed by atoms with Crippen molar-refractivity contribution >= 4 is 5.97 Å². The van der Waals surface area contributed by atoms with Gasteiger partial charge in [-0.15, -0.1) is 0 Å². The number of rotatable bonds is 9. The summed E-state index contributed by atoms with van der Waals surface area (Å²) in [4.78, 5) is 13.9. The molecule has 3 nitrogen and oxygen atoms in total. The Morgan fingerprint density at radius 2 is 1.77 bits per heavy atom. The van der Waals surface area contributed by atoms with E-state index in [1.165, 1.54) is 56.9 Å². The number of hydrogen-bond acceptors (Lipinski definition) is 3.